The Morgan fingerprint density at radius 3 is 2.44 bits per heavy atom. The Labute approximate surface area is 208 Å². The van der Waals surface area contributed by atoms with Gasteiger partial charge in [0.05, 0.1) is 6.61 Å². The van der Waals surface area contributed by atoms with E-state index in [1.807, 2.05) is 37.3 Å². The Morgan fingerprint density at radius 2 is 1.76 bits per heavy atom. The standard InChI is InChI=1S/C28H37ClN2O3/c1-2-26(28(33)30-24-12-7-4-8-13-24)31(20-19-22-10-5-3-6-11-22)27(32)14-9-21-34-25-17-15-23(29)16-18-25/h3,5-6,10-11,15-18,24,26H,2,4,7-9,12-14,19-21H2,1H3,(H,30,33). The Hall–Kier alpha value is -2.53. The Morgan fingerprint density at radius 1 is 1.06 bits per heavy atom. The Kier molecular flexibility index (Phi) is 10.7. The van der Waals surface area contributed by atoms with Crippen LogP contribution in [-0.2, 0) is 16.0 Å². The lowest BCUT2D eigenvalue weighted by Gasteiger charge is -2.33. The number of hydrogen-bond acceptors (Lipinski definition) is 3. The third-order valence-electron chi connectivity index (χ3n) is 6.44. The number of nitrogens with zero attached hydrogens (tertiary/aromatic N) is 1. The second kappa shape index (κ2) is 14.0. The normalized spacial score (nSPS) is 14.9. The number of carbonyl (C=O) groups is 2. The number of carbonyl (C=O) groups excluding carboxylic acids is 2. The van der Waals surface area contributed by atoms with Gasteiger partial charge in [0.1, 0.15) is 11.8 Å². The summed E-state index contributed by atoms with van der Waals surface area (Å²) in [5, 5.41) is 3.89. The zero-order valence-electron chi connectivity index (χ0n) is 20.2. The van der Waals surface area contributed by atoms with Crippen LogP contribution in [0.4, 0.5) is 0 Å². The molecule has 1 unspecified atom stereocenters. The summed E-state index contributed by atoms with van der Waals surface area (Å²) in [7, 11) is 0. The second-order valence-electron chi connectivity index (χ2n) is 9.00. The molecular weight excluding hydrogens is 448 g/mol. The third kappa shape index (κ3) is 8.35. The quantitative estimate of drug-likeness (QED) is 0.387. The summed E-state index contributed by atoms with van der Waals surface area (Å²) in [6, 6.07) is 17.1. The fourth-order valence-electron chi connectivity index (χ4n) is 4.53. The lowest BCUT2D eigenvalue weighted by atomic mass is 9.95. The highest BCUT2D eigenvalue weighted by atomic mass is 35.5. The van der Waals surface area contributed by atoms with Crippen LogP contribution in [0.5, 0.6) is 5.75 Å². The highest BCUT2D eigenvalue weighted by Gasteiger charge is 2.29. The van der Waals surface area contributed by atoms with E-state index in [-0.39, 0.29) is 17.9 Å². The summed E-state index contributed by atoms with van der Waals surface area (Å²) in [5.41, 5.74) is 1.16. The number of halogens is 1. The van der Waals surface area contributed by atoms with Crippen LogP contribution in [-0.4, -0.2) is 41.9 Å². The first-order chi connectivity index (χ1) is 16.6. The molecule has 184 valence electrons. The molecule has 0 aliphatic heterocycles. The van der Waals surface area contributed by atoms with Crippen LogP contribution >= 0.6 is 11.6 Å². The average Bonchev–Trinajstić information content (AvgIpc) is 2.86. The van der Waals surface area contributed by atoms with E-state index >= 15 is 0 Å². The van der Waals surface area contributed by atoms with Gasteiger partial charge < -0.3 is 15.0 Å². The maximum absolute atomic E-state index is 13.3. The lowest BCUT2D eigenvalue weighted by Crippen LogP contribution is -2.52. The van der Waals surface area contributed by atoms with Crippen molar-refractivity contribution in [3.05, 3.63) is 65.2 Å². The average molecular weight is 485 g/mol. The number of ether oxygens (including phenoxy) is 1. The number of rotatable bonds is 12. The molecule has 2 aromatic rings. The van der Waals surface area contributed by atoms with Crippen molar-refractivity contribution in [3.63, 3.8) is 0 Å². The van der Waals surface area contributed by atoms with Crippen molar-refractivity contribution < 1.29 is 14.3 Å². The molecule has 0 spiro atoms. The molecule has 6 heteroatoms. The maximum Gasteiger partial charge on any atom is 0.243 e. The van der Waals surface area contributed by atoms with Crippen LogP contribution in [0.25, 0.3) is 0 Å². The molecule has 0 saturated heterocycles. The van der Waals surface area contributed by atoms with Gasteiger partial charge in [-0.25, -0.2) is 0 Å². The molecule has 1 N–H and O–H groups in total. The molecule has 2 aromatic carbocycles. The fourth-order valence-corrected chi connectivity index (χ4v) is 4.65. The predicted molar refractivity (Wildman–Crippen MR) is 137 cm³/mol. The summed E-state index contributed by atoms with van der Waals surface area (Å²) < 4.78 is 5.75. The van der Waals surface area contributed by atoms with Crippen molar-refractivity contribution in [2.45, 2.75) is 76.8 Å². The first-order valence-electron chi connectivity index (χ1n) is 12.6. The van der Waals surface area contributed by atoms with Gasteiger partial charge >= 0.3 is 0 Å². The number of amides is 2. The molecule has 34 heavy (non-hydrogen) atoms. The zero-order chi connectivity index (χ0) is 24.2. The smallest absolute Gasteiger partial charge is 0.243 e. The van der Waals surface area contributed by atoms with Crippen molar-refractivity contribution in [2.24, 2.45) is 0 Å². The SMILES string of the molecule is CCC(C(=O)NC1CCCCC1)N(CCc1ccccc1)C(=O)CCCOc1ccc(Cl)cc1. The van der Waals surface area contributed by atoms with E-state index in [9.17, 15) is 9.59 Å². The van der Waals surface area contributed by atoms with Crippen molar-refractivity contribution >= 4 is 23.4 Å². The molecule has 1 saturated carbocycles. The maximum atomic E-state index is 13.3. The van der Waals surface area contributed by atoms with Crippen LogP contribution < -0.4 is 10.1 Å². The molecule has 0 bridgehead atoms. The zero-order valence-corrected chi connectivity index (χ0v) is 20.9. The summed E-state index contributed by atoms with van der Waals surface area (Å²) in [6.45, 7) is 2.94. The summed E-state index contributed by atoms with van der Waals surface area (Å²) in [6.07, 6.45) is 7.87. The summed E-state index contributed by atoms with van der Waals surface area (Å²) >= 11 is 5.92. The summed E-state index contributed by atoms with van der Waals surface area (Å²) in [5.74, 6) is 0.714. The van der Waals surface area contributed by atoms with E-state index in [4.69, 9.17) is 16.3 Å². The van der Waals surface area contributed by atoms with E-state index in [0.717, 1.165) is 43.4 Å². The molecule has 5 nitrogen and oxygen atoms in total. The van der Waals surface area contributed by atoms with Gasteiger partial charge in [0.25, 0.3) is 0 Å². The molecule has 0 radical (unpaired) electrons. The first kappa shape index (κ1) is 26.1. The minimum Gasteiger partial charge on any atom is -0.494 e. The molecule has 1 fully saturated rings. The van der Waals surface area contributed by atoms with Crippen molar-refractivity contribution in [1.29, 1.82) is 0 Å². The van der Waals surface area contributed by atoms with Gasteiger partial charge in [-0.15, -0.1) is 0 Å². The summed E-state index contributed by atoms with van der Waals surface area (Å²) in [4.78, 5) is 28.3. The van der Waals surface area contributed by atoms with Gasteiger partial charge in [0.15, 0.2) is 0 Å². The van der Waals surface area contributed by atoms with Gasteiger partial charge in [-0.2, -0.15) is 0 Å². The van der Waals surface area contributed by atoms with Crippen LogP contribution in [0.2, 0.25) is 5.02 Å². The minimum absolute atomic E-state index is 0.00119. The highest BCUT2D eigenvalue weighted by Crippen LogP contribution is 2.19. The van der Waals surface area contributed by atoms with E-state index in [1.165, 1.54) is 6.42 Å². The van der Waals surface area contributed by atoms with Crippen LogP contribution in [0.1, 0.15) is 63.9 Å². The lowest BCUT2D eigenvalue weighted by molar-refractivity contribution is -0.141. The molecule has 2 amide bonds. The van der Waals surface area contributed by atoms with Gasteiger partial charge in [-0.3, -0.25) is 9.59 Å². The Bertz CT molecular complexity index is 882. The molecule has 1 aliphatic rings. The van der Waals surface area contributed by atoms with Gasteiger partial charge in [0, 0.05) is 24.0 Å². The molecule has 3 rings (SSSR count). The van der Waals surface area contributed by atoms with Crippen molar-refractivity contribution in [1.82, 2.24) is 10.2 Å². The van der Waals surface area contributed by atoms with Crippen molar-refractivity contribution in [3.8, 4) is 5.75 Å². The number of hydrogen-bond donors (Lipinski definition) is 1. The third-order valence-corrected chi connectivity index (χ3v) is 6.69. The molecule has 1 aliphatic carbocycles. The number of benzene rings is 2. The molecule has 0 aromatic heterocycles. The molecule has 0 heterocycles. The van der Waals surface area contributed by atoms with Gasteiger partial charge in [-0.05, 0) is 61.9 Å². The van der Waals surface area contributed by atoms with E-state index < -0.39 is 6.04 Å². The van der Waals surface area contributed by atoms with Gasteiger partial charge in [0.2, 0.25) is 11.8 Å². The van der Waals surface area contributed by atoms with E-state index in [1.54, 1.807) is 17.0 Å². The monoisotopic (exact) mass is 484 g/mol. The highest BCUT2D eigenvalue weighted by molar-refractivity contribution is 6.30. The molecular formula is C28H37ClN2O3. The minimum atomic E-state index is -0.449. The van der Waals surface area contributed by atoms with Crippen molar-refractivity contribution in [2.75, 3.05) is 13.2 Å². The topological polar surface area (TPSA) is 58.6 Å². The van der Waals surface area contributed by atoms with Crippen LogP contribution in [0.3, 0.4) is 0 Å². The number of nitrogens with one attached hydrogen (secondary N) is 1. The van der Waals surface area contributed by atoms with Crippen LogP contribution in [0.15, 0.2) is 54.6 Å². The molecule has 1 atom stereocenters. The predicted octanol–water partition coefficient (Wildman–Crippen LogP) is 5.80. The van der Waals surface area contributed by atoms with E-state index in [0.29, 0.717) is 37.4 Å². The Balaban J connectivity index is 1.59. The van der Waals surface area contributed by atoms with Crippen LogP contribution in [0, 0.1) is 0 Å². The largest absolute Gasteiger partial charge is 0.494 e. The van der Waals surface area contributed by atoms with E-state index in [2.05, 4.69) is 17.4 Å². The fraction of sp³-hybridized carbons (Fsp3) is 0.500. The second-order valence-corrected chi connectivity index (χ2v) is 9.43. The first-order valence-corrected chi connectivity index (χ1v) is 13.0. The van der Waals surface area contributed by atoms with Gasteiger partial charge in [-0.1, -0.05) is 68.1 Å².